The first kappa shape index (κ1) is 12.4. The second-order valence-electron chi connectivity index (χ2n) is 4.63. The van der Waals surface area contributed by atoms with Crippen LogP contribution in [0, 0.1) is 5.92 Å². The van der Waals surface area contributed by atoms with Crippen LogP contribution in [0.3, 0.4) is 0 Å². The highest BCUT2D eigenvalue weighted by atomic mass is 32.1. The first-order valence-corrected chi connectivity index (χ1v) is 7.03. The summed E-state index contributed by atoms with van der Waals surface area (Å²) in [5, 5.41) is 8.63. The second-order valence-corrected chi connectivity index (χ2v) is 5.49. The van der Waals surface area contributed by atoms with Crippen LogP contribution in [0.25, 0.3) is 0 Å². The summed E-state index contributed by atoms with van der Waals surface area (Å²) in [6.45, 7) is 2.21. The van der Waals surface area contributed by atoms with Gasteiger partial charge in [-0.1, -0.05) is 19.8 Å². The van der Waals surface area contributed by atoms with Crippen LogP contribution in [-0.4, -0.2) is 24.0 Å². The van der Waals surface area contributed by atoms with Crippen LogP contribution in [0.1, 0.15) is 43.1 Å². The molecule has 4 nitrogen and oxygen atoms in total. The molecule has 0 spiro atoms. The molecule has 1 fully saturated rings. The van der Waals surface area contributed by atoms with Crippen LogP contribution in [-0.2, 0) is 0 Å². The Morgan fingerprint density at radius 3 is 2.88 bits per heavy atom. The van der Waals surface area contributed by atoms with Crippen molar-refractivity contribution in [2.24, 2.45) is 5.92 Å². The highest BCUT2D eigenvalue weighted by molar-refractivity contribution is 7.13. The molecule has 17 heavy (non-hydrogen) atoms. The highest BCUT2D eigenvalue weighted by Gasteiger charge is 2.23. The Labute approximate surface area is 106 Å². The Morgan fingerprint density at radius 1 is 1.47 bits per heavy atom. The molecule has 0 radical (unpaired) electrons. The Balaban J connectivity index is 1.96. The lowest BCUT2D eigenvalue weighted by Gasteiger charge is -2.29. The van der Waals surface area contributed by atoms with Crippen molar-refractivity contribution in [1.82, 2.24) is 10.3 Å². The molecule has 1 aromatic rings. The zero-order valence-electron chi connectivity index (χ0n) is 10.3. The molecule has 2 rings (SSSR count). The van der Waals surface area contributed by atoms with E-state index in [4.69, 9.17) is 0 Å². The van der Waals surface area contributed by atoms with Crippen molar-refractivity contribution in [2.45, 2.75) is 38.6 Å². The van der Waals surface area contributed by atoms with Crippen LogP contribution in [0.15, 0.2) is 5.38 Å². The zero-order valence-corrected chi connectivity index (χ0v) is 11.1. The Kier molecular flexibility index (Phi) is 3.99. The fraction of sp³-hybridized carbons (Fsp3) is 0.667. The number of carbonyl (C=O) groups is 1. The fourth-order valence-electron chi connectivity index (χ4n) is 2.27. The van der Waals surface area contributed by atoms with E-state index in [-0.39, 0.29) is 5.91 Å². The molecule has 0 aromatic carbocycles. The second kappa shape index (κ2) is 5.49. The van der Waals surface area contributed by atoms with E-state index in [9.17, 15) is 4.79 Å². The summed E-state index contributed by atoms with van der Waals surface area (Å²) in [6.07, 6.45) is 4.81. The first-order valence-electron chi connectivity index (χ1n) is 6.15. The molecule has 1 aliphatic rings. The molecule has 1 aliphatic carbocycles. The molecular formula is C12H19N3OS. The van der Waals surface area contributed by atoms with Crippen molar-refractivity contribution in [3.8, 4) is 0 Å². The number of nitrogens with zero attached hydrogens (tertiary/aromatic N) is 1. The summed E-state index contributed by atoms with van der Waals surface area (Å²) in [5.74, 6) is 0.539. The van der Waals surface area contributed by atoms with Crippen LogP contribution in [0.2, 0.25) is 0 Å². The maximum Gasteiger partial charge on any atom is 0.271 e. The molecule has 5 heteroatoms. The van der Waals surface area contributed by atoms with Gasteiger partial charge in [0, 0.05) is 18.5 Å². The van der Waals surface area contributed by atoms with Gasteiger partial charge >= 0.3 is 0 Å². The quantitative estimate of drug-likeness (QED) is 0.870. The number of anilines is 1. The Morgan fingerprint density at radius 2 is 2.24 bits per heavy atom. The third-order valence-electron chi connectivity index (χ3n) is 3.38. The van der Waals surface area contributed by atoms with Gasteiger partial charge in [0.05, 0.1) is 0 Å². The third kappa shape index (κ3) is 2.97. The van der Waals surface area contributed by atoms with Crippen molar-refractivity contribution < 1.29 is 4.79 Å². The van der Waals surface area contributed by atoms with Gasteiger partial charge in [0.15, 0.2) is 5.13 Å². The Bertz CT molecular complexity index is 391. The minimum Gasteiger partial charge on any atom is -0.365 e. The highest BCUT2D eigenvalue weighted by Crippen LogP contribution is 2.24. The van der Waals surface area contributed by atoms with Gasteiger partial charge in [-0.15, -0.1) is 11.3 Å². The molecule has 1 amide bonds. The number of aromatic nitrogens is 1. The van der Waals surface area contributed by atoms with Crippen LogP contribution >= 0.6 is 11.3 Å². The maximum atomic E-state index is 12.0. The van der Waals surface area contributed by atoms with E-state index >= 15 is 0 Å². The van der Waals surface area contributed by atoms with Crippen molar-refractivity contribution in [3.63, 3.8) is 0 Å². The lowest BCUT2D eigenvalue weighted by Crippen LogP contribution is -2.41. The number of thiazole rings is 1. The van der Waals surface area contributed by atoms with Gasteiger partial charge in [-0.2, -0.15) is 0 Å². The van der Waals surface area contributed by atoms with Crippen molar-refractivity contribution in [3.05, 3.63) is 11.1 Å². The van der Waals surface area contributed by atoms with E-state index in [2.05, 4.69) is 22.5 Å². The third-order valence-corrected chi connectivity index (χ3v) is 4.24. The standard InChI is InChI=1S/C12H19N3OS/c1-8-5-3-4-6-9(8)14-11(16)10-7-17-12(13-2)15-10/h7-9H,3-6H2,1-2H3,(H,13,15)(H,14,16). The van der Waals surface area contributed by atoms with E-state index in [0.29, 0.717) is 17.7 Å². The molecule has 1 aromatic heterocycles. The van der Waals surface area contributed by atoms with E-state index in [1.54, 1.807) is 5.38 Å². The zero-order chi connectivity index (χ0) is 12.3. The van der Waals surface area contributed by atoms with Gasteiger partial charge in [0.25, 0.3) is 5.91 Å². The number of rotatable bonds is 3. The topological polar surface area (TPSA) is 54.0 Å². The van der Waals surface area contributed by atoms with Crippen molar-refractivity contribution in [1.29, 1.82) is 0 Å². The van der Waals surface area contributed by atoms with Gasteiger partial charge in [0.2, 0.25) is 0 Å². The summed E-state index contributed by atoms with van der Waals surface area (Å²) in [7, 11) is 1.81. The molecule has 0 saturated heterocycles. The number of amides is 1. The molecular weight excluding hydrogens is 234 g/mol. The molecule has 2 unspecified atom stereocenters. The van der Waals surface area contributed by atoms with Crippen LogP contribution in [0.5, 0.6) is 0 Å². The molecule has 0 bridgehead atoms. The summed E-state index contributed by atoms with van der Waals surface area (Å²) >= 11 is 1.46. The first-order chi connectivity index (χ1) is 8.20. The van der Waals surface area contributed by atoms with Crippen molar-refractivity contribution in [2.75, 3.05) is 12.4 Å². The molecule has 0 aliphatic heterocycles. The minimum absolute atomic E-state index is 0.0403. The van der Waals surface area contributed by atoms with Gasteiger partial charge in [-0.25, -0.2) is 4.98 Å². The van der Waals surface area contributed by atoms with Crippen LogP contribution < -0.4 is 10.6 Å². The molecule has 1 heterocycles. The minimum atomic E-state index is -0.0403. The monoisotopic (exact) mass is 253 g/mol. The maximum absolute atomic E-state index is 12.0. The summed E-state index contributed by atoms with van der Waals surface area (Å²) in [4.78, 5) is 16.2. The number of carbonyl (C=O) groups excluding carboxylic acids is 1. The molecule has 94 valence electrons. The number of nitrogens with one attached hydrogen (secondary N) is 2. The number of hydrogen-bond donors (Lipinski definition) is 2. The summed E-state index contributed by atoms with van der Waals surface area (Å²) in [5.41, 5.74) is 0.525. The van der Waals surface area contributed by atoms with E-state index in [0.717, 1.165) is 11.6 Å². The van der Waals surface area contributed by atoms with Crippen LogP contribution in [0.4, 0.5) is 5.13 Å². The Hall–Kier alpha value is -1.10. The molecule has 1 saturated carbocycles. The SMILES string of the molecule is CNc1nc(C(=O)NC2CCCCC2C)cs1. The summed E-state index contributed by atoms with van der Waals surface area (Å²) in [6, 6.07) is 0.316. The average molecular weight is 253 g/mol. The predicted molar refractivity (Wildman–Crippen MR) is 70.5 cm³/mol. The average Bonchev–Trinajstić information content (AvgIpc) is 2.81. The predicted octanol–water partition coefficient (Wildman–Crippen LogP) is 2.49. The summed E-state index contributed by atoms with van der Waals surface area (Å²) < 4.78 is 0. The van der Waals surface area contributed by atoms with Gasteiger partial charge < -0.3 is 10.6 Å². The van der Waals surface area contributed by atoms with Gasteiger partial charge in [-0.05, 0) is 18.8 Å². The van der Waals surface area contributed by atoms with Crippen molar-refractivity contribution >= 4 is 22.4 Å². The van der Waals surface area contributed by atoms with E-state index < -0.39 is 0 Å². The number of hydrogen-bond acceptors (Lipinski definition) is 4. The molecule has 2 N–H and O–H groups in total. The normalized spacial score (nSPS) is 24.4. The van der Waals surface area contributed by atoms with E-state index in [1.807, 2.05) is 7.05 Å². The smallest absolute Gasteiger partial charge is 0.271 e. The lowest BCUT2D eigenvalue weighted by atomic mass is 9.86. The largest absolute Gasteiger partial charge is 0.365 e. The fourth-order valence-corrected chi connectivity index (χ4v) is 2.92. The van der Waals surface area contributed by atoms with Gasteiger partial charge in [-0.3, -0.25) is 4.79 Å². The van der Waals surface area contributed by atoms with Gasteiger partial charge in [0.1, 0.15) is 5.69 Å². The molecule has 2 atom stereocenters. The van der Waals surface area contributed by atoms with E-state index in [1.165, 1.54) is 30.6 Å². The lowest BCUT2D eigenvalue weighted by molar-refractivity contribution is 0.0906.